The second-order valence-electron chi connectivity index (χ2n) is 2.52. The average Bonchev–Trinajstić information content (AvgIpc) is 1.63. The molecule has 54 valence electrons. The maximum absolute atomic E-state index is 10.4. The standard InChI is InChI=1S/C6H14N2O/c1-4(6(8)9)3-5(2)7/h4-5H,3,7H2,1-2H3,(H2,8,9). The molecule has 2 unspecified atom stereocenters. The number of rotatable bonds is 3. The molecule has 3 heteroatoms. The zero-order chi connectivity index (χ0) is 7.44. The lowest BCUT2D eigenvalue weighted by Crippen LogP contribution is -2.27. The Kier molecular flexibility index (Phi) is 3.24. The Hall–Kier alpha value is -0.570. The molecule has 0 fully saturated rings. The monoisotopic (exact) mass is 130 g/mol. The van der Waals surface area contributed by atoms with Crippen LogP contribution in [0.15, 0.2) is 0 Å². The lowest BCUT2D eigenvalue weighted by atomic mass is 10.0. The maximum atomic E-state index is 10.4. The molecule has 0 spiro atoms. The Morgan fingerprint density at radius 2 is 2.00 bits per heavy atom. The highest BCUT2D eigenvalue weighted by Gasteiger charge is 2.09. The molecule has 0 heterocycles. The van der Waals surface area contributed by atoms with Crippen LogP contribution in [0.2, 0.25) is 0 Å². The molecular formula is C6H14N2O. The van der Waals surface area contributed by atoms with Crippen LogP contribution >= 0.6 is 0 Å². The van der Waals surface area contributed by atoms with Crippen molar-refractivity contribution in [1.29, 1.82) is 0 Å². The number of primary amides is 1. The lowest BCUT2D eigenvalue weighted by molar-refractivity contribution is -0.121. The fourth-order valence-electron chi connectivity index (χ4n) is 0.674. The van der Waals surface area contributed by atoms with E-state index in [2.05, 4.69) is 0 Å². The summed E-state index contributed by atoms with van der Waals surface area (Å²) >= 11 is 0. The van der Waals surface area contributed by atoms with Crippen LogP contribution in [0.3, 0.4) is 0 Å². The molecule has 0 saturated carbocycles. The molecule has 4 N–H and O–H groups in total. The fraction of sp³-hybridized carbons (Fsp3) is 0.833. The van der Waals surface area contributed by atoms with Crippen LogP contribution in [0.5, 0.6) is 0 Å². The smallest absolute Gasteiger partial charge is 0.220 e. The van der Waals surface area contributed by atoms with Crippen LogP contribution in [-0.2, 0) is 4.79 Å². The van der Waals surface area contributed by atoms with Crippen LogP contribution in [0.1, 0.15) is 20.3 Å². The predicted octanol–water partition coefficient (Wildman–Crippen LogP) is -0.155. The third kappa shape index (κ3) is 3.97. The molecule has 0 aliphatic carbocycles. The SMILES string of the molecule is CC(N)CC(C)C(N)=O. The zero-order valence-electron chi connectivity index (χ0n) is 5.92. The summed E-state index contributed by atoms with van der Waals surface area (Å²) in [5.74, 6) is -0.364. The minimum absolute atomic E-state index is 0.0625. The first-order chi connectivity index (χ1) is 4.04. The molecule has 0 saturated heterocycles. The van der Waals surface area contributed by atoms with Gasteiger partial charge in [0, 0.05) is 12.0 Å². The highest BCUT2D eigenvalue weighted by atomic mass is 16.1. The third-order valence-corrected chi connectivity index (χ3v) is 1.21. The summed E-state index contributed by atoms with van der Waals surface area (Å²) < 4.78 is 0. The van der Waals surface area contributed by atoms with E-state index in [0.717, 1.165) is 0 Å². The van der Waals surface area contributed by atoms with Gasteiger partial charge in [-0.25, -0.2) is 0 Å². The van der Waals surface area contributed by atoms with Gasteiger partial charge in [-0.05, 0) is 13.3 Å². The Labute approximate surface area is 55.4 Å². The summed E-state index contributed by atoms with van der Waals surface area (Å²) in [4.78, 5) is 10.4. The number of carbonyl (C=O) groups is 1. The van der Waals surface area contributed by atoms with Gasteiger partial charge in [0.25, 0.3) is 0 Å². The number of hydrogen-bond acceptors (Lipinski definition) is 2. The van der Waals surface area contributed by atoms with Gasteiger partial charge in [-0.2, -0.15) is 0 Å². The van der Waals surface area contributed by atoms with E-state index in [1.807, 2.05) is 6.92 Å². The third-order valence-electron chi connectivity index (χ3n) is 1.21. The van der Waals surface area contributed by atoms with Gasteiger partial charge in [0.1, 0.15) is 0 Å². The summed E-state index contributed by atoms with van der Waals surface area (Å²) in [5, 5.41) is 0. The van der Waals surface area contributed by atoms with E-state index in [9.17, 15) is 4.79 Å². The van der Waals surface area contributed by atoms with Crippen LogP contribution in [0, 0.1) is 5.92 Å². The molecule has 0 radical (unpaired) electrons. The Bertz CT molecular complexity index is 101. The Morgan fingerprint density at radius 3 is 2.11 bits per heavy atom. The molecule has 1 amide bonds. The molecule has 0 aromatic rings. The topological polar surface area (TPSA) is 69.1 Å². The summed E-state index contributed by atoms with van der Waals surface area (Å²) in [5.41, 5.74) is 10.4. The van der Waals surface area contributed by atoms with Crippen molar-refractivity contribution in [1.82, 2.24) is 0 Å². The Morgan fingerprint density at radius 1 is 1.56 bits per heavy atom. The van der Waals surface area contributed by atoms with E-state index in [0.29, 0.717) is 6.42 Å². The molecule has 0 aromatic carbocycles. The van der Waals surface area contributed by atoms with E-state index in [4.69, 9.17) is 11.5 Å². The van der Waals surface area contributed by atoms with E-state index in [1.54, 1.807) is 6.92 Å². The summed E-state index contributed by atoms with van der Waals surface area (Å²) in [6.07, 6.45) is 0.676. The van der Waals surface area contributed by atoms with Crippen LogP contribution in [-0.4, -0.2) is 11.9 Å². The second-order valence-corrected chi connectivity index (χ2v) is 2.52. The van der Waals surface area contributed by atoms with Crippen molar-refractivity contribution in [3.05, 3.63) is 0 Å². The van der Waals surface area contributed by atoms with E-state index >= 15 is 0 Å². The summed E-state index contributed by atoms with van der Waals surface area (Å²) in [7, 11) is 0. The van der Waals surface area contributed by atoms with Crippen LogP contribution in [0.4, 0.5) is 0 Å². The van der Waals surface area contributed by atoms with E-state index < -0.39 is 0 Å². The number of nitrogens with two attached hydrogens (primary N) is 2. The van der Waals surface area contributed by atoms with Crippen molar-refractivity contribution < 1.29 is 4.79 Å². The molecule has 0 aliphatic heterocycles. The largest absolute Gasteiger partial charge is 0.369 e. The molecule has 0 rings (SSSR count). The molecule has 2 atom stereocenters. The first-order valence-electron chi connectivity index (χ1n) is 3.09. The maximum Gasteiger partial charge on any atom is 0.220 e. The van der Waals surface area contributed by atoms with Crippen molar-refractivity contribution in [3.8, 4) is 0 Å². The second kappa shape index (κ2) is 3.45. The molecule has 0 aromatic heterocycles. The number of hydrogen-bond donors (Lipinski definition) is 2. The van der Waals surface area contributed by atoms with Crippen molar-refractivity contribution in [3.63, 3.8) is 0 Å². The average molecular weight is 130 g/mol. The predicted molar refractivity (Wildman–Crippen MR) is 36.6 cm³/mol. The van der Waals surface area contributed by atoms with Crippen LogP contribution in [0.25, 0.3) is 0 Å². The van der Waals surface area contributed by atoms with Gasteiger partial charge in [-0.3, -0.25) is 4.79 Å². The first-order valence-corrected chi connectivity index (χ1v) is 3.09. The van der Waals surface area contributed by atoms with Crippen molar-refractivity contribution in [2.45, 2.75) is 26.3 Å². The van der Waals surface area contributed by atoms with E-state index in [-0.39, 0.29) is 17.9 Å². The van der Waals surface area contributed by atoms with Gasteiger partial charge in [-0.15, -0.1) is 0 Å². The van der Waals surface area contributed by atoms with Gasteiger partial charge in [0.2, 0.25) is 5.91 Å². The quantitative estimate of drug-likeness (QED) is 0.557. The van der Waals surface area contributed by atoms with E-state index in [1.165, 1.54) is 0 Å². The first kappa shape index (κ1) is 8.43. The highest BCUT2D eigenvalue weighted by molar-refractivity contribution is 5.76. The van der Waals surface area contributed by atoms with Crippen molar-refractivity contribution in [2.75, 3.05) is 0 Å². The van der Waals surface area contributed by atoms with Gasteiger partial charge < -0.3 is 11.5 Å². The normalized spacial score (nSPS) is 16.8. The Balaban J connectivity index is 3.50. The lowest BCUT2D eigenvalue weighted by Gasteiger charge is -2.08. The number of amides is 1. The van der Waals surface area contributed by atoms with Gasteiger partial charge in [0.15, 0.2) is 0 Å². The van der Waals surface area contributed by atoms with Crippen LogP contribution < -0.4 is 11.5 Å². The number of carbonyl (C=O) groups excluding carboxylic acids is 1. The van der Waals surface area contributed by atoms with Gasteiger partial charge in [-0.1, -0.05) is 6.92 Å². The van der Waals surface area contributed by atoms with Gasteiger partial charge >= 0.3 is 0 Å². The molecular weight excluding hydrogens is 116 g/mol. The summed E-state index contributed by atoms with van der Waals surface area (Å²) in [6, 6.07) is 0.0625. The summed E-state index contributed by atoms with van der Waals surface area (Å²) in [6.45, 7) is 3.64. The van der Waals surface area contributed by atoms with Crippen molar-refractivity contribution >= 4 is 5.91 Å². The highest BCUT2D eigenvalue weighted by Crippen LogP contribution is 2.01. The molecule has 3 nitrogen and oxygen atoms in total. The molecule has 0 bridgehead atoms. The van der Waals surface area contributed by atoms with Gasteiger partial charge in [0.05, 0.1) is 0 Å². The molecule has 9 heavy (non-hydrogen) atoms. The minimum Gasteiger partial charge on any atom is -0.369 e. The minimum atomic E-state index is -0.271. The fourth-order valence-corrected chi connectivity index (χ4v) is 0.674. The molecule has 0 aliphatic rings. The zero-order valence-corrected chi connectivity index (χ0v) is 5.92. The van der Waals surface area contributed by atoms with Crippen molar-refractivity contribution in [2.24, 2.45) is 17.4 Å².